The van der Waals surface area contributed by atoms with Crippen molar-refractivity contribution in [2.24, 2.45) is 5.92 Å². The molecular formula is C12H19N3O2S. The Bertz CT molecular complexity index is 546. The summed E-state index contributed by atoms with van der Waals surface area (Å²) in [5, 5.41) is 4.51. The first-order chi connectivity index (χ1) is 8.53. The summed E-state index contributed by atoms with van der Waals surface area (Å²) in [7, 11) is -2.88. The smallest absolute Gasteiger partial charge is 0.152 e. The van der Waals surface area contributed by atoms with Gasteiger partial charge < -0.3 is 5.73 Å². The van der Waals surface area contributed by atoms with Crippen LogP contribution >= 0.6 is 0 Å². The molecule has 1 aromatic rings. The lowest BCUT2D eigenvalue weighted by atomic mass is 9.82. The number of nitrogens with zero attached hydrogens (tertiary/aromatic N) is 2. The summed E-state index contributed by atoms with van der Waals surface area (Å²) in [5.74, 6) is 1.79. The predicted molar refractivity (Wildman–Crippen MR) is 70.0 cm³/mol. The van der Waals surface area contributed by atoms with Gasteiger partial charge in [-0.15, -0.1) is 0 Å². The highest BCUT2D eigenvalue weighted by atomic mass is 32.2. The summed E-state index contributed by atoms with van der Waals surface area (Å²) < 4.78 is 24.7. The van der Waals surface area contributed by atoms with Crippen molar-refractivity contribution in [1.82, 2.24) is 9.78 Å². The summed E-state index contributed by atoms with van der Waals surface area (Å²) in [4.78, 5) is 0. The van der Waals surface area contributed by atoms with Crippen LogP contribution in [0.2, 0.25) is 0 Å². The molecule has 0 spiro atoms. The highest BCUT2D eigenvalue weighted by Crippen LogP contribution is 2.31. The van der Waals surface area contributed by atoms with Crippen LogP contribution in [0.5, 0.6) is 0 Å². The van der Waals surface area contributed by atoms with Crippen molar-refractivity contribution < 1.29 is 8.42 Å². The van der Waals surface area contributed by atoms with E-state index in [2.05, 4.69) is 5.10 Å². The van der Waals surface area contributed by atoms with Gasteiger partial charge in [-0.3, -0.25) is 0 Å². The van der Waals surface area contributed by atoms with E-state index in [1.807, 2.05) is 6.07 Å². The van der Waals surface area contributed by atoms with Crippen molar-refractivity contribution in [3.63, 3.8) is 0 Å². The van der Waals surface area contributed by atoms with Crippen LogP contribution in [-0.2, 0) is 16.3 Å². The molecule has 1 saturated carbocycles. The van der Waals surface area contributed by atoms with Crippen molar-refractivity contribution in [3.05, 3.63) is 11.8 Å². The zero-order valence-electron chi connectivity index (χ0n) is 10.4. The molecule has 0 amide bonds. The van der Waals surface area contributed by atoms with Gasteiger partial charge in [0.2, 0.25) is 0 Å². The second kappa shape index (κ2) is 4.26. The van der Waals surface area contributed by atoms with Gasteiger partial charge >= 0.3 is 0 Å². The number of sulfone groups is 1. The van der Waals surface area contributed by atoms with Gasteiger partial charge in [-0.25, -0.2) is 13.1 Å². The third kappa shape index (κ3) is 2.25. The van der Waals surface area contributed by atoms with Crippen LogP contribution in [0.3, 0.4) is 0 Å². The highest BCUT2D eigenvalue weighted by molar-refractivity contribution is 7.91. The molecule has 2 heterocycles. The number of nitrogen functional groups attached to an aromatic ring is 1. The van der Waals surface area contributed by atoms with E-state index in [1.54, 1.807) is 4.68 Å². The lowest BCUT2D eigenvalue weighted by Crippen LogP contribution is -2.16. The van der Waals surface area contributed by atoms with Gasteiger partial charge in [0.1, 0.15) is 5.82 Å². The van der Waals surface area contributed by atoms with Gasteiger partial charge in [0.05, 0.1) is 23.2 Å². The minimum atomic E-state index is -2.88. The van der Waals surface area contributed by atoms with Crippen LogP contribution in [0.4, 0.5) is 5.82 Å². The first-order valence-corrected chi connectivity index (χ1v) is 8.40. The Morgan fingerprint density at radius 2 is 2.17 bits per heavy atom. The van der Waals surface area contributed by atoms with Crippen molar-refractivity contribution >= 4 is 15.7 Å². The largest absolute Gasteiger partial charge is 0.384 e. The normalized spacial score (nSPS) is 27.2. The predicted octanol–water partition coefficient (Wildman–Crippen LogP) is 1.17. The fourth-order valence-corrected chi connectivity index (χ4v) is 4.51. The number of anilines is 1. The molecule has 0 radical (unpaired) electrons. The first-order valence-electron chi connectivity index (χ1n) is 6.58. The number of aromatic nitrogens is 2. The maximum absolute atomic E-state index is 11.5. The van der Waals surface area contributed by atoms with E-state index in [4.69, 9.17) is 5.73 Å². The number of hydrogen-bond acceptors (Lipinski definition) is 4. The molecule has 1 aromatic heterocycles. The van der Waals surface area contributed by atoms with Gasteiger partial charge in [0.25, 0.3) is 0 Å². The van der Waals surface area contributed by atoms with Gasteiger partial charge in [-0.05, 0) is 18.8 Å². The lowest BCUT2D eigenvalue weighted by Gasteiger charge is -2.24. The topological polar surface area (TPSA) is 78.0 Å². The van der Waals surface area contributed by atoms with Crippen LogP contribution in [0, 0.1) is 5.92 Å². The summed E-state index contributed by atoms with van der Waals surface area (Å²) in [6.45, 7) is 0. The van der Waals surface area contributed by atoms with Gasteiger partial charge in [0, 0.05) is 6.07 Å². The Balaban J connectivity index is 1.76. The molecule has 5 nitrogen and oxygen atoms in total. The molecule has 100 valence electrons. The molecule has 2 fully saturated rings. The monoisotopic (exact) mass is 269 g/mol. The number of nitrogens with two attached hydrogens (primary N) is 1. The summed E-state index contributed by atoms with van der Waals surface area (Å²) in [6, 6.07) is 1.84. The van der Waals surface area contributed by atoms with Crippen LogP contribution < -0.4 is 5.73 Å². The molecule has 1 unspecified atom stereocenters. The van der Waals surface area contributed by atoms with Crippen LogP contribution in [0.15, 0.2) is 6.07 Å². The second-order valence-corrected chi connectivity index (χ2v) is 7.79. The zero-order valence-corrected chi connectivity index (χ0v) is 11.2. The van der Waals surface area contributed by atoms with Crippen molar-refractivity contribution in [2.75, 3.05) is 17.2 Å². The Kier molecular flexibility index (Phi) is 2.84. The van der Waals surface area contributed by atoms with E-state index < -0.39 is 9.84 Å². The molecule has 6 heteroatoms. The van der Waals surface area contributed by atoms with Crippen molar-refractivity contribution in [3.8, 4) is 0 Å². The van der Waals surface area contributed by atoms with Crippen molar-refractivity contribution in [2.45, 2.75) is 38.1 Å². The Hall–Kier alpha value is -1.04. The van der Waals surface area contributed by atoms with Gasteiger partial charge in [-0.2, -0.15) is 5.10 Å². The third-order valence-electron chi connectivity index (χ3n) is 4.09. The molecule has 2 N–H and O–H groups in total. The van der Waals surface area contributed by atoms with E-state index >= 15 is 0 Å². The lowest BCUT2D eigenvalue weighted by molar-refractivity contribution is 0.310. The summed E-state index contributed by atoms with van der Waals surface area (Å²) in [6.07, 6.45) is 5.50. The number of hydrogen-bond donors (Lipinski definition) is 1. The molecule has 1 aliphatic carbocycles. The van der Waals surface area contributed by atoms with E-state index in [0.29, 0.717) is 12.2 Å². The standard InChI is InChI=1S/C12H19N3O2S/c13-12-7-10(6-9-2-1-3-9)14-15(12)11-4-5-18(16,17)8-11/h7,9,11H,1-6,8,13H2. The fourth-order valence-electron chi connectivity index (χ4n) is 2.82. The zero-order chi connectivity index (χ0) is 12.8. The van der Waals surface area contributed by atoms with Gasteiger partial charge in [0.15, 0.2) is 9.84 Å². The minimum Gasteiger partial charge on any atom is -0.384 e. The number of rotatable bonds is 3. The average molecular weight is 269 g/mol. The quantitative estimate of drug-likeness (QED) is 0.893. The maximum Gasteiger partial charge on any atom is 0.152 e. The SMILES string of the molecule is Nc1cc(CC2CCC2)nn1C1CCS(=O)(=O)C1. The third-order valence-corrected chi connectivity index (χ3v) is 5.84. The molecule has 0 aromatic carbocycles. The van der Waals surface area contributed by atoms with E-state index in [0.717, 1.165) is 18.0 Å². The molecular weight excluding hydrogens is 250 g/mol. The maximum atomic E-state index is 11.5. The molecule has 1 aliphatic heterocycles. The van der Waals surface area contributed by atoms with Crippen LogP contribution in [0.1, 0.15) is 37.4 Å². The Labute approximate surface area is 107 Å². The van der Waals surface area contributed by atoms with Gasteiger partial charge in [-0.1, -0.05) is 19.3 Å². The highest BCUT2D eigenvalue weighted by Gasteiger charge is 2.31. The molecule has 0 bridgehead atoms. The van der Waals surface area contributed by atoms with E-state index in [9.17, 15) is 8.42 Å². The Morgan fingerprint density at radius 3 is 2.72 bits per heavy atom. The summed E-state index contributed by atoms with van der Waals surface area (Å²) >= 11 is 0. The van der Waals surface area contributed by atoms with Crippen molar-refractivity contribution in [1.29, 1.82) is 0 Å². The summed E-state index contributed by atoms with van der Waals surface area (Å²) in [5.41, 5.74) is 6.97. The van der Waals surface area contributed by atoms with E-state index in [1.165, 1.54) is 19.3 Å². The molecule has 2 aliphatic rings. The molecule has 18 heavy (non-hydrogen) atoms. The first kappa shape index (κ1) is 12.0. The minimum absolute atomic E-state index is 0.0647. The fraction of sp³-hybridized carbons (Fsp3) is 0.750. The van der Waals surface area contributed by atoms with E-state index in [-0.39, 0.29) is 17.5 Å². The molecule has 1 saturated heterocycles. The van der Waals surface area contributed by atoms with Crippen LogP contribution in [0.25, 0.3) is 0 Å². The Morgan fingerprint density at radius 1 is 1.39 bits per heavy atom. The molecule has 3 rings (SSSR count). The molecule has 1 atom stereocenters. The second-order valence-electron chi connectivity index (χ2n) is 5.56. The average Bonchev–Trinajstić information content (AvgIpc) is 2.76. The van der Waals surface area contributed by atoms with Crippen LogP contribution in [-0.4, -0.2) is 29.7 Å².